The lowest BCUT2D eigenvalue weighted by Gasteiger charge is -2.16. The standard InChI is InChI=1S/C20H22F3N7O2/c21-20(22,23)32-16-4-2-1-3-13(16)10-27-19-28-11-14(9-24)18(29-19)26-7-5-17(31)30-8-6-15(25)12-30/h1-4,11,15H,5-8,10,12,25H2,(H2,26,27,28,29). The Kier molecular flexibility index (Phi) is 7.32. The van der Waals surface area contributed by atoms with Crippen LogP contribution in [0.5, 0.6) is 5.75 Å². The highest BCUT2D eigenvalue weighted by molar-refractivity contribution is 5.77. The van der Waals surface area contributed by atoms with Crippen molar-refractivity contribution in [3.63, 3.8) is 0 Å². The Balaban J connectivity index is 1.60. The first-order valence-electron chi connectivity index (χ1n) is 9.87. The molecule has 1 fully saturated rings. The number of hydrogen-bond donors (Lipinski definition) is 3. The molecule has 0 spiro atoms. The number of alkyl halides is 3. The molecular weight excluding hydrogens is 427 g/mol. The molecule has 3 rings (SSSR count). The second-order valence-electron chi connectivity index (χ2n) is 7.14. The molecule has 9 nitrogen and oxygen atoms in total. The van der Waals surface area contributed by atoms with Crippen LogP contribution in [0.1, 0.15) is 24.0 Å². The molecule has 0 bridgehead atoms. The number of ether oxygens (including phenoxy) is 1. The van der Waals surface area contributed by atoms with E-state index < -0.39 is 6.36 Å². The number of benzene rings is 1. The molecule has 32 heavy (non-hydrogen) atoms. The van der Waals surface area contributed by atoms with Gasteiger partial charge in [-0.25, -0.2) is 4.98 Å². The summed E-state index contributed by atoms with van der Waals surface area (Å²) in [4.78, 5) is 22.1. The molecule has 0 aliphatic carbocycles. The fourth-order valence-electron chi connectivity index (χ4n) is 3.19. The van der Waals surface area contributed by atoms with Crippen LogP contribution in [0.2, 0.25) is 0 Å². The number of carbonyl (C=O) groups is 1. The normalized spacial score (nSPS) is 15.8. The van der Waals surface area contributed by atoms with E-state index in [1.165, 1.54) is 24.4 Å². The third-order valence-corrected chi connectivity index (χ3v) is 4.75. The summed E-state index contributed by atoms with van der Waals surface area (Å²) >= 11 is 0. The minimum Gasteiger partial charge on any atom is -0.405 e. The van der Waals surface area contributed by atoms with E-state index >= 15 is 0 Å². The molecule has 2 aromatic rings. The Morgan fingerprint density at radius 3 is 2.81 bits per heavy atom. The van der Waals surface area contributed by atoms with Crippen molar-refractivity contribution in [3.8, 4) is 11.8 Å². The number of aromatic nitrogens is 2. The molecule has 1 aliphatic rings. The number of amides is 1. The van der Waals surface area contributed by atoms with Crippen LogP contribution in [0, 0.1) is 11.3 Å². The van der Waals surface area contributed by atoms with Crippen LogP contribution in [0.25, 0.3) is 0 Å². The van der Waals surface area contributed by atoms with Crippen LogP contribution in [-0.2, 0) is 11.3 Å². The molecule has 12 heteroatoms. The van der Waals surface area contributed by atoms with E-state index in [0.717, 1.165) is 6.42 Å². The summed E-state index contributed by atoms with van der Waals surface area (Å²) in [5, 5.41) is 15.0. The van der Waals surface area contributed by atoms with Gasteiger partial charge in [0.05, 0.1) is 6.20 Å². The number of halogens is 3. The lowest BCUT2D eigenvalue weighted by atomic mass is 10.2. The SMILES string of the molecule is N#Cc1cnc(NCc2ccccc2OC(F)(F)F)nc1NCCC(=O)N1CCC(N)C1. The molecule has 1 aromatic carbocycles. The van der Waals surface area contributed by atoms with E-state index in [-0.39, 0.29) is 60.1 Å². The third-order valence-electron chi connectivity index (χ3n) is 4.75. The number of nitrogens with two attached hydrogens (primary N) is 1. The summed E-state index contributed by atoms with van der Waals surface area (Å²) in [7, 11) is 0. The minimum absolute atomic E-state index is 0.000685. The highest BCUT2D eigenvalue weighted by Crippen LogP contribution is 2.26. The highest BCUT2D eigenvalue weighted by Gasteiger charge is 2.32. The summed E-state index contributed by atoms with van der Waals surface area (Å²) in [5.74, 6) is -0.0572. The average molecular weight is 449 g/mol. The quantitative estimate of drug-likeness (QED) is 0.560. The van der Waals surface area contributed by atoms with Gasteiger partial charge in [-0.15, -0.1) is 13.2 Å². The van der Waals surface area contributed by atoms with E-state index in [1.807, 2.05) is 6.07 Å². The molecule has 1 aromatic heterocycles. The van der Waals surface area contributed by atoms with Gasteiger partial charge in [-0.2, -0.15) is 10.2 Å². The Morgan fingerprint density at radius 1 is 1.34 bits per heavy atom. The van der Waals surface area contributed by atoms with Gasteiger partial charge in [-0.3, -0.25) is 4.79 Å². The van der Waals surface area contributed by atoms with Crippen molar-refractivity contribution >= 4 is 17.7 Å². The van der Waals surface area contributed by atoms with Gasteiger partial charge in [0.2, 0.25) is 11.9 Å². The second-order valence-corrected chi connectivity index (χ2v) is 7.14. The van der Waals surface area contributed by atoms with E-state index in [2.05, 4.69) is 25.3 Å². The van der Waals surface area contributed by atoms with E-state index in [0.29, 0.717) is 13.1 Å². The van der Waals surface area contributed by atoms with Crippen molar-refractivity contribution in [2.75, 3.05) is 30.3 Å². The van der Waals surface area contributed by atoms with Crippen LogP contribution in [-0.4, -0.2) is 52.8 Å². The summed E-state index contributed by atoms with van der Waals surface area (Å²) in [5.41, 5.74) is 6.24. The Labute approximate surface area is 182 Å². The predicted molar refractivity (Wildman–Crippen MR) is 109 cm³/mol. The molecule has 0 radical (unpaired) electrons. The fourth-order valence-corrected chi connectivity index (χ4v) is 3.19. The van der Waals surface area contributed by atoms with Crippen LogP contribution < -0.4 is 21.1 Å². The number of likely N-dealkylation sites (tertiary alicyclic amines) is 1. The number of para-hydroxylation sites is 1. The third kappa shape index (κ3) is 6.45. The van der Waals surface area contributed by atoms with Crippen molar-refractivity contribution in [2.24, 2.45) is 5.73 Å². The largest absolute Gasteiger partial charge is 0.573 e. The van der Waals surface area contributed by atoms with Gasteiger partial charge in [0.25, 0.3) is 0 Å². The molecule has 170 valence electrons. The van der Waals surface area contributed by atoms with Crippen LogP contribution in [0.15, 0.2) is 30.5 Å². The van der Waals surface area contributed by atoms with Crippen molar-refractivity contribution in [1.82, 2.24) is 14.9 Å². The number of hydrogen-bond acceptors (Lipinski definition) is 8. The van der Waals surface area contributed by atoms with Gasteiger partial charge in [0.1, 0.15) is 23.2 Å². The summed E-state index contributed by atoms with van der Waals surface area (Å²) < 4.78 is 41.7. The molecule has 1 saturated heterocycles. The zero-order valence-electron chi connectivity index (χ0n) is 17.0. The molecule has 2 heterocycles. The van der Waals surface area contributed by atoms with E-state index in [1.54, 1.807) is 11.0 Å². The van der Waals surface area contributed by atoms with Crippen molar-refractivity contribution in [2.45, 2.75) is 31.8 Å². The maximum Gasteiger partial charge on any atom is 0.573 e. The van der Waals surface area contributed by atoms with Gasteiger partial charge in [-0.05, 0) is 12.5 Å². The number of nitrogens with one attached hydrogen (secondary N) is 2. The Hall–Kier alpha value is -3.59. The number of nitrogens with zero attached hydrogens (tertiary/aromatic N) is 4. The van der Waals surface area contributed by atoms with Crippen molar-refractivity contribution in [1.29, 1.82) is 5.26 Å². The topological polar surface area (TPSA) is 129 Å². The number of anilines is 2. The zero-order valence-corrected chi connectivity index (χ0v) is 17.0. The van der Waals surface area contributed by atoms with E-state index in [9.17, 15) is 23.2 Å². The molecule has 1 amide bonds. The molecule has 1 atom stereocenters. The fraction of sp³-hybridized carbons (Fsp3) is 0.400. The van der Waals surface area contributed by atoms with Crippen LogP contribution in [0.3, 0.4) is 0 Å². The molecule has 1 aliphatic heterocycles. The molecule has 4 N–H and O–H groups in total. The lowest BCUT2D eigenvalue weighted by molar-refractivity contribution is -0.274. The first-order valence-corrected chi connectivity index (χ1v) is 9.87. The smallest absolute Gasteiger partial charge is 0.405 e. The van der Waals surface area contributed by atoms with Crippen molar-refractivity contribution in [3.05, 3.63) is 41.6 Å². The van der Waals surface area contributed by atoms with Gasteiger partial charge < -0.3 is 26.0 Å². The Bertz CT molecular complexity index is 994. The van der Waals surface area contributed by atoms with Crippen molar-refractivity contribution < 1.29 is 22.7 Å². The number of carbonyl (C=O) groups excluding carboxylic acids is 1. The van der Waals surface area contributed by atoms with Gasteiger partial charge in [-0.1, -0.05) is 18.2 Å². The summed E-state index contributed by atoms with van der Waals surface area (Å²) in [6.45, 7) is 1.37. The summed E-state index contributed by atoms with van der Waals surface area (Å²) in [6.07, 6.45) is -2.55. The first-order chi connectivity index (χ1) is 15.2. The second kappa shape index (κ2) is 10.1. The van der Waals surface area contributed by atoms with Gasteiger partial charge in [0, 0.05) is 44.2 Å². The maximum atomic E-state index is 12.6. The maximum absolute atomic E-state index is 12.6. The predicted octanol–water partition coefficient (Wildman–Crippen LogP) is 2.22. The van der Waals surface area contributed by atoms with Crippen LogP contribution >= 0.6 is 0 Å². The van der Waals surface area contributed by atoms with Gasteiger partial charge in [0.15, 0.2) is 0 Å². The molecule has 0 saturated carbocycles. The lowest BCUT2D eigenvalue weighted by Crippen LogP contribution is -2.32. The monoisotopic (exact) mass is 449 g/mol. The van der Waals surface area contributed by atoms with Crippen LogP contribution in [0.4, 0.5) is 24.9 Å². The van der Waals surface area contributed by atoms with E-state index in [4.69, 9.17) is 5.73 Å². The summed E-state index contributed by atoms with van der Waals surface area (Å²) in [6, 6.07) is 7.66. The first kappa shape index (κ1) is 23.1. The number of rotatable bonds is 8. The molecular formula is C20H22F3N7O2. The molecule has 1 unspecified atom stereocenters. The minimum atomic E-state index is -4.81. The number of nitriles is 1. The zero-order chi connectivity index (χ0) is 23.1. The average Bonchev–Trinajstić information content (AvgIpc) is 3.18. The Morgan fingerprint density at radius 2 is 2.12 bits per heavy atom. The highest BCUT2D eigenvalue weighted by atomic mass is 19.4. The van der Waals surface area contributed by atoms with Gasteiger partial charge >= 0.3 is 6.36 Å².